The zero-order chi connectivity index (χ0) is 22.6. The summed E-state index contributed by atoms with van der Waals surface area (Å²) in [7, 11) is 0. The number of nitrogens with one attached hydrogen (secondary N) is 1. The number of rotatable bonds is 4. The molecule has 3 rings (SSSR count). The summed E-state index contributed by atoms with van der Waals surface area (Å²) in [6.45, 7) is 1.70. The van der Waals surface area contributed by atoms with E-state index in [4.69, 9.17) is 5.41 Å². The summed E-state index contributed by atoms with van der Waals surface area (Å²) < 4.78 is 51.7. The summed E-state index contributed by atoms with van der Waals surface area (Å²) in [5.74, 6) is -0.428. The van der Waals surface area contributed by atoms with Crippen LogP contribution in [-0.2, 0) is 12.8 Å². The number of hydrogen-bond donors (Lipinski definition) is 2. The standard InChI is InChI=1S/C19H20F4N6O2/c20-15-1-3-16(4-2-15)26-7-9-27(10-8-26)18(24)25-12-29(31)13-28-6-5-14(11-17(28)30)19(21,22)23/h1-6,11-12,24,31H,7-10,13H2/b24-18?,25-12-. The smallest absolute Gasteiger partial charge is 0.368 e. The lowest BCUT2D eigenvalue weighted by molar-refractivity contribution is -0.137. The minimum atomic E-state index is -4.63. The Hall–Kier alpha value is -3.41. The molecule has 12 heteroatoms. The van der Waals surface area contributed by atoms with Crippen LogP contribution in [0.2, 0.25) is 0 Å². The Labute approximate surface area is 174 Å². The predicted octanol–water partition coefficient (Wildman–Crippen LogP) is 2.44. The Morgan fingerprint density at radius 1 is 1.16 bits per heavy atom. The molecule has 31 heavy (non-hydrogen) atoms. The van der Waals surface area contributed by atoms with Gasteiger partial charge in [-0.2, -0.15) is 13.2 Å². The van der Waals surface area contributed by atoms with Crippen molar-refractivity contribution < 1.29 is 22.8 Å². The van der Waals surface area contributed by atoms with Crippen molar-refractivity contribution in [2.24, 2.45) is 4.99 Å². The van der Waals surface area contributed by atoms with E-state index >= 15 is 0 Å². The summed E-state index contributed by atoms with van der Waals surface area (Å²) in [6, 6.07) is 7.29. The molecule has 2 aromatic rings. The number of piperazine rings is 1. The maximum absolute atomic E-state index is 13.0. The van der Waals surface area contributed by atoms with Crippen LogP contribution < -0.4 is 10.5 Å². The normalized spacial score (nSPS) is 14.9. The Kier molecular flexibility index (Phi) is 6.59. The van der Waals surface area contributed by atoms with Crippen molar-refractivity contribution in [2.75, 3.05) is 31.1 Å². The lowest BCUT2D eigenvalue weighted by atomic mass is 10.2. The third-order valence-electron chi connectivity index (χ3n) is 4.70. The van der Waals surface area contributed by atoms with Crippen molar-refractivity contribution in [2.45, 2.75) is 12.8 Å². The molecule has 2 N–H and O–H groups in total. The van der Waals surface area contributed by atoms with Gasteiger partial charge in [-0.1, -0.05) is 0 Å². The van der Waals surface area contributed by atoms with Crippen LogP contribution in [-0.4, -0.2) is 58.2 Å². The molecule has 0 bridgehead atoms. The molecule has 8 nitrogen and oxygen atoms in total. The maximum atomic E-state index is 13.0. The van der Waals surface area contributed by atoms with Gasteiger partial charge in [-0.25, -0.2) is 14.4 Å². The summed E-state index contributed by atoms with van der Waals surface area (Å²) in [6.07, 6.45) is -2.80. The number of halogens is 4. The fraction of sp³-hybridized carbons (Fsp3) is 0.316. The van der Waals surface area contributed by atoms with Gasteiger partial charge >= 0.3 is 6.18 Å². The minimum Gasteiger partial charge on any atom is -0.368 e. The molecule has 0 radical (unpaired) electrons. The zero-order valence-electron chi connectivity index (χ0n) is 16.3. The second kappa shape index (κ2) is 9.16. The molecule has 0 saturated carbocycles. The van der Waals surface area contributed by atoms with Crippen LogP contribution in [0, 0.1) is 11.2 Å². The number of benzene rings is 1. The van der Waals surface area contributed by atoms with Crippen LogP contribution in [0.3, 0.4) is 0 Å². The first-order valence-electron chi connectivity index (χ1n) is 9.25. The van der Waals surface area contributed by atoms with E-state index in [0.717, 1.165) is 28.9 Å². The molecule has 1 aromatic heterocycles. The van der Waals surface area contributed by atoms with E-state index in [-0.39, 0.29) is 11.8 Å². The van der Waals surface area contributed by atoms with Crippen molar-refractivity contribution in [3.8, 4) is 0 Å². The number of anilines is 1. The van der Waals surface area contributed by atoms with Crippen LogP contribution in [0.15, 0.2) is 52.4 Å². The summed E-state index contributed by atoms with van der Waals surface area (Å²) in [5.41, 5.74) is -1.14. The van der Waals surface area contributed by atoms with Crippen molar-refractivity contribution >= 4 is 18.0 Å². The molecule has 1 aromatic carbocycles. The first-order valence-corrected chi connectivity index (χ1v) is 9.25. The highest BCUT2D eigenvalue weighted by atomic mass is 19.4. The van der Waals surface area contributed by atoms with Gasteiger partial charge in [-0.05, 0) is 30.3 Å². The molecule has 2 heterocycles. The topological polar surface area (TPSA) is 88.2 Å². The van der Waals surface area contributed by atoms with E-state index in [0.29, 0.717) is 37.3 Å². The quantitative estimate of drug-likeness (QED) is 0.330. The van der Waals surface area contributed by atoms with Gasteiger partial charge in [-0.15, -0.1) is 0 Å². The molecular formula is C19H20F4N6O2. The number of hydroxylamine groups is 2. The second-order valence-corrected chi connectivity index (χ2v) is 6.82. The number of nitrogens with zero attached hydrogens (tertiary/aromatic N) is 5. The summed E-state index contributed by atoms with van der Waals surface area (Å²) in [4.78, 5) is 19.3. The largest absolute Gasteiger partial charge is 0.416 e. The second-order valence-electron chi connectivity index (χ2n) is 6.82. The van der Waals surface area contributed by atoms with Gasteiger partial charge in [0.1, 0.15) is 18.8 Å². The number of guanidine groups is 1. The molecule has 0 amide bonds. The Balaban J connectivity index is 1.52. The molecule has 1 aliphatic heterocycles. The lowest BCUT2D eigenvalue weighted by Gasteiger charge is -2.36. The third kappa shape index (κ3) is 5.81. The maximum Gasteiger partial charge on any atom is 0.416 e. The van der Waals surface area contributed by atoms with Gasteiger partial charge in [-0.3, -0.25) is 20.0 Å². The SMILES string of the molecule is N=C(/N=C\N(O)Cn1ccc(C(F)(F)F)cc1=O)N1CCN(c2ccc(F)cc2)CC1. The van der Waals surface area contributed by atoms with Crippen molar-refractivity contribution in [1.29, 1.82) is 5.41 Å². The van der Waals surface area contributed by atoms with Crippen LogP contribution in [0.25, 0.3) is 0 Å². The number of pyridine rings is 1. The van der Waals surface area contributed by atoms with E-state index in [9.17, 15) is 27.6 Å². The first-order chi connectivity index (χ1) is 14.6. The predicted molar refractivity (Wildman–Crippen MR) is 106 cm³/mol. The Morgan fingerprint density at radius 2 is 1.81 bits per heavy atom. The third-order valence-corrected chi connectivity index (χ3v) is 4.70. The molecule has 166 valence electrons. The average molecular weight is 440 g/mol. The van der Waals surface area contributed by atoms with E-state index in [1.807, 2.05) is 4.90 Å². The van der Waals surface area contributed by atoms with E-state index < -0.39 is 24.0 Å². The van der Waals surface area contributed by atoms with Crippen LogP contribution in [0.1, 0.15) is 5.56 Å². The van der Waals surface area contributed by atoms with Crippen LogP contribution in [0.5, 0.6) is 0 Å². The molecule has 0 atom stereocenters. The first kappa shape index (κ1) is 22.3. The molecular weight excluding hydrogens is 420 g/mol. The van der Waals surface area contributed by atoms with Gasteiger partial charge in [0.2, 0.25) is 5.96 Å². The van der Waals surface area contributed by atoms with E-state index in [1.165, 1.54) is 12.1 Å². The highest BCUT2D eigenvalue weighted by Crippen LogP contribution is 2.27. The average Bonchev–Trinajstić information content (AvgIpc) is 2.73. The summed E-state index contributed by atoms with van der Waals surface area (Å²) in [5, 5.41) is 18.4. The van der Waals surface area contributed by atoms with Crippen molar-refractivity contribution in [3.05, 3.63) is 64.3 Å². The van der Waals surface area contributed by atoms with Gasteiger partial charge in [0.25, 0.3) is 5.56 Å². The van der Waals surface area contributed by atoms with Crippen molar-refractivity contribution in [1.82, 2.24) is 14.5 Å². The Morgan fingerprint density at radius 3 is 2.39 bits per heavy atom. The molecule has 0 spiro atoms. The number of alkyl halides is 3. The number of aromatic nitrogens is 1. The van der Waals surface area contributed by atoms with Gasteiger partial charge in [0.15, 0.2) is 0 Å². The van der Waals surface area contributed by atoms with Gasteiger partial charge in [0.05, 0.1) is 5.56 Å². The van der Waals surface area contributed by atoms with E-state index in [2.05, 4.69) is 4.99 Å². The van der Waals surface area contributed by atoms with Gasteiger partial charge < -0.3 is 9.80 Å². The highest BCUT2D eigenvalue weighted by molar-refractivity contribution is 5.84. The van der Waals surface area contributed by atoms with Crippen molar-refractivity contribution in [3.63, 3.8) is 0 Å². The monoisotopic (exact) mass is 440 g/mol. The highest BCUT2D eigenvalue weighted by Gasteiger charge is 2.31. The van der Waals surface area contributed by atoms with E-state index in [1.54, 1.807) is 17.0 Å². The number of hydrogen-bond acceptors (Lipinski definition) is 4. The lowest BCUT2D eigenvalue weighted by Crippen LogP contribution is -2.48. The number of aliphatic imine (C=N–C) groups is 1. The molecule has 0 aliphatic carbocycles. The fourth-order valence-corrected chi connectivity index (χ4v) is 3.02. The molecule has 1 aliphatic rings. The molecule has 1 fully saturated rings. The van der Waals surface area contributed by atoms with Crippen LogP contribution in [0.4, 0.5) is 23.2 Å². The molecule has 1 saturated heterocycles. The van der Waals surface area contributed by atoms with Gasteiger partial charge in [0, 0.05) is 44.1 Å². The minimum absolute atomic E-state index is 0.113. The fourth-order valence-electron chi connectivity index (χ4n) is 3.02. The zero-order valence-corrected chi connectivity index (χ0v) is 16.3. The molecule has 0 unspecified atom stereocenters. The van der Waals surface area contributed by atoms with Crippen LogP contribution >= 0.6 is 0 Å². The Bertz CT molecular complexity index is 998. The summed E-state index contributed by atoms with van der Waals surface area (Å²) >= 11 is 0.